The Morgan fingerprint density at radius 3 is 2.58 bits per heavy atom. The molecular formula is C24H22N2O5. The molecule has 1 saturated heterocycles. The van der Waals surface area contributed by atoms with Gasteiger partial charge in [-0.05, 0) is 31.0 Å². The number of ketones is 1. The SMILES string of the molecule is CCCOc1cccc([C@@H]2/C(=C(\O)c3ccccc3)C(=O)C(=O)N2c2cc(C)on2)c1. The van der Waals surface area contributed by atoms with Crippen LogP contribution in [0.3, 0.4) is 0 Å². The Kier molecular flexibility index (Phi) is 5.58. The number of aromatic nitrogens is 1. The predicted molar refractivity (Wildman–Crippen MR) is 115 cm³/mol. The maximum Gasteiger partial charge on any atom is 0.301 e. The van der Waals surface area contributed by atoms with Gasteiger partial charge in [0.05, 0.1) is 18.2 Å². The minimum Gasteiger partial charge on any atom is -0.507 e. The number of aliphatic hydroxyl groups excluding tert-OH is 1. The number of nitrogens with zero attached hydrogens (tertiary/aromatic N) is 2. The predicted octanol–water partition coefficient (Wildman–Crippen LogP) is 4.40. The average Bonchev–Trinajstić information content (AvgIpc) is 3.33. The van der Waals surface area contributed by atoms with Crippen molar-refractivity contribution in [3.05, 3.63) is 83.1 Å². The standard InChI is InChI=1S/C24H22N2O5/c1-3-12-30-18-11-7-10-17(14-18)21-20(22(27)16-8-5-4-6-9-16)23(28)24(29)26(21)19-13-15(2)31-25-19/h4-11,13-14,21,27H,3,12H2,1-2H3/b22-20+/t21-/m1/s1. The van der Waals surface area contributed by atoms with E-state index in [0.717, 1.165) is 6.42 Å². The number of aliphatic hydroxyl groups is 1. The van der Waals surface area contributed by atoms with Gasteiger partial charge in [0, 0.05) is 11.6 Å². The van der Waals surface area contributed by atoms with Crippen LogP contribution < -0.4 is 9.64 Å². The molecule has 31 heavy (non-hydrogen) atoms. The maximum absolute atomic E-state index is 13.1. The number of hydrogen-bond acceptors (Lipinski definition) is 6. The van der Waals surface area contributed by atoms with Crippen LogP contribution in [0.5, 0.6) is 5.75 Å². The first-order valence-corrected chi connectivity index (χ1v) is 10.0. The molecule has 1 atom stereocenters. The second-order valence-corrected chi connectivity index (χ2v) is 7.25. The average molecular weight is 418 g/mol. The van der Waals surface area contributed by atoms with Gasteiger partial charge in [-0.1, -0.05) is 54.5 Å². The lowest BCUT2D eigenvalue weighted by atomic mass is 9.95. The molecule has 0 aliphatic carbocycles. The summed E-state index contributed by atoms with van der Waals surface area (Å²) in [5.74, 6) is -0.495. The van der Waals surface area contributed by atoms with E-state index in [4.69, 9.17) is 9.26 Å². The van der Waals surface area contributed by atoms with Crippen molar-refractivity contribution >= 4 is 23.3 Å². The van der Waals surface area contributed by atoms with E-state index < -0.39 is 17.7 Å². The van der Waals surface area contributed by atoms with Crippen LogP contribution in [-0.4, -0.2) is 28.6 Å². The third-order valence-corrected chi connectivity index (χ3v) is 5.00. The van der Waals surface area contributed by atoms with Gasteiger partial charge in [-0.15, -0.1) is 0 Å². The first kappa shape index (κ1) is 20.4. The largest absolute Gasteiger partial charge is 0.507 e. The molecule has 1 aliphatic heterocycles. The van der Waals surface area contributed by atoms with E-state index in [9.17, 15) is 14.7 Å². The van der Waals surface area contributed by atoms with Gasteiger partial charge in [-0.25, -0.2) is 0 Å². The van der Waals surface area contributed by atoms with Gasteiger partial charge in [-0.3, -0.25) is 14.5 Å². The van der Waals surface area contributed by atoms with Crippen molar-refractivity contribution in [3.63, 3.8) is 0 Å². The second kappa shape index (κ2) is 8.47. The molecule has 0 saturated carbocycles. The van der Waals surface area contributed by atoms with Gasteiger partial charge >= 0.3 is 5.91 Å². The fourth-order valence-corrected chi connectivity index (χ4v) is 3.60. The highest BCUT2D eigenvalue weighted by molar-refractivity contribution is 6.51. The lowest BCUT2D eigenvalue weighted by Crippen LogP contribution is -2.29. The molecule has 1 aliphatic rings. The lowest BCUT2D eigenvalue weighted by Gasteiger charge is -2.23. The van der Waals surface area contributed by atoms with Crippen molar-refractivity contribution in [1.29, 1.82) is 0 Å². The molecule has 1 aromatic heterocycles. The molecular weight excluding hydrogens is 396 g/mol. The molecule has 1 fully saturated rings. The quantitative estimate of drug-likeness (QED) is 0.362. The van der Waals surface area contributed by atoms with Crippen LogP contribution in [0.4, 0.5) is 5.82 Å². The number of amides is 1. The minimum atomic E-state index is -0.880. The van der Waals surface area contributed by atoms with E-state index in [2.05, 4.69) is 5.16 Å². The topological polar surface area (TPSA) is 92.9 Å². The zero-order valence-corrected chi connectivity index (χ0v) is 17.2. The summed E-state index contributed by atoms with van der Waals surface area (Å²) in [6.07, 6.45) is 0.842. The molecule has 7 heteroatoms. The van der Waals surface area contributed by atoms with Crippen LogP contribution in [0.2, 0.25) is 0 Å². The zero-order valence-electron chi connectivity index (χ0n) is 17.2. The highest BCUT2D eigenvalue weighted by Gasteiger charge is 2.48. The van der Waals surface area contributed by atoms with Gasteiger partial charge in [0.2, 0.25) is 0 Å². The van der Waals surface area contributed by atoms with Crippen LogP contribution in [0.1, 0.15) is 36.3 Å². The van der Waals surface area contributed by atoms with E-state index >= 15 is 0 Å². The lowest BCUT2D eigenvalue weighted by molar-refractivity contribution is -0.132. The number of ether oxygens (including phenoxy) is 1. The number of benzene rings is 2. The smallest absolute Gasteiger partial charge is 0.301 e. The Balaban J connectivity index is 1.90. The molecule has 0 spiro atoms. The van der Waals surface area contributed by atoms with Crippen molar-refractivity contribution in [3.8, 4) is 5.75 Å². The molecule has 158 valence electrons. The second-order valence-electron chi connectivity index (χ2n) is 7.25. The number of rotatable bonds is 6. The third-order valence-electron chi connectivity index (χ3n) is 5.00. The summed E-state index contributed by atoms with van der Waals surface area (Å²) in [5.41, 5.74) is 1.05. The monoisotopic (exact) mass is 418 g/mol. The number of anilines is 1. The number of aryl methyl sites for hydroxylation is 1. The van der Waals surface area contributed by atoms with E-state index in [0.29, 0.717) is 29.2 Å². The Hall–Kier alpha value is -3.87. The van der Waals surface area contributed by atoms with Crippen LogP contribution in [0.15, 0.2) is 70.8 Å². The summed E-state index contributed by atoms with van der Waals surface area (Å²) in [5, 5.41) is 15.0. The fraction of sp³-hybridized carbons (Fsp3) is 0.208. The van der Waals surface area contributed by atoms with Crippen molar-refractivity contribution < 1.29 is 24.0 Å². The highest BCUT2D eigenvalue weighted by atomic mass is 16.5. The minimum absolute atomic E-state index is 0.00973. The molecule has 1 amide bonds. The Bertz CT molecular complexity index is 1150. The number of Topliss-reactive ketones (excluding diaryl/α,β-unsaturated/α-hetero) is 1. The molecule has 3 aromatic rings. The van der Waals surface area contributed by atoms with Gasteiger partial charge in [0.1, 0.15) is 17.3 Å². The van der Waals surface area contributed by atoms with Crippen molar-refractivity contribution in [2.24, 2.45) is 0 Å². The van der Waals surface area contributed by atoms with Crippen molar-refractivity contribution in [2.75, 3.05) is 11.5 Å². The number of carbonyl (C=O) groups excluding carboxylic acids is 2. The van der Waals surface area contributed by atoms with E-state index in [1.54, 1.807) is 61.5 Å². The first-order valence-electron chi connectivity index (χ1n) is 10.0. The Morgan fingerprint density at radius 2 is 1.90 bits per heavy atom. The molecule has 0 radical (unpaired) electrons. The van der Waals surface area contributed by atoms with E-state index in [-0.39, 0.29) is 17.2 Å². The zero-order chi connectivity index (χ0) is 22.0. The maximum atomic E-state index is 13.1. The van der Waals surface area contributed by atoms with Gasteiger partial charge in [0.15, 0.2) is 5.82 Å². The fourth-order valence-electron chi connectivity index (χ4n) is 3.60. The van der Waals surface area contributed by atoms with Gasteiger partial charge in [-0.2, -0.15) is 0 Å². The molecule has 0 bridgehead atoms. The van der Waals surface area contributed by atoms with E-state index in [1.165, 1.54) is 4.90 Å². The molecule has 0 unspecified atom stereocenters. The third kappa shape index (κ3) is 3.82. The molecule has 2 aromatic carbocycles. The summed E-state index contributed by atoms with van der Waals surface area (Å²) in [6, 6.07) is 16.5. The van der Waals surface area contributed by atoms with E-state index in [1.807, 2.05) is 13.0 Å². The molecule has 1 N–H and O–H groups in total. The van der Waals surface area contributed by atoms with Crippen LogP contribution >= 0.6 is 0 Å². The van der Waals surface area contributed by atoms with Crippen molar-refractivity contribution in [2.45, 2.75) is 26.3 Å². The summed E-state index contributed by atoms with van der Waals surface area (Å²) >= 11 is 0. The van der Waals surface area contributed by atoms with Crippen LogP contribution in [-0.2, 0) is 9.59 Å². The molecule has 4 rings (SSSR count). The number of hydrogen-bond donors (Lipinski definition) is 1. The molecule has 7 nitrogen and oxygen atoms in total. The van der Waals surface area contributed by atoms with Crippen molar-refractivity contribution in [1.82, 2.24) is 5.16 Å². The highest BCUT2D eigenvalue weighted by Crippen LogP contribution is 2.42. The molecule has 2 heterocycles. The summed E-state index contributed by atoms with van der Waals surface area (Å²) < 4.78 is 10.9. The van der Waals surface area contributed by atoms with Crippen LogP contribution in [0, 0.1) is 6.92 Å². The normalized spacial score (nSPS) is 17.9. The summed E-state index contributed by atoms with van der Waals surface area (Å²) in [7, 11) is 0. The first-order chi connectivity index (χ1) is 15.0. The summed E-state index contributed by atoms with van der Waals surface area (Å²) in [4.78, 5) is 27.3. The summed E-state index contributed by atoms with van der Waals surface area (Å²) in [6.45, 7) is 4.24. The number of carbonyl (C=O) groups is 2. The van der Waals surface area contributed by atoms with Gasteiger partial charge in [0.25, 0.3) is 5.78 Å². The Morgan fingerprint density at radius 1 is 1.13 bits per heavy atom. The Labute approximate surface area is 179 Å². The van der Waals surface area contributed by atoms with Crippen LogP contribution in [0.25, 0.3) is 5.76 Å². The van der Waals surface area contributed by atoms with Gasteiger partial charge < -0.3 is 14.4 Å².